The molecule has 0 saturated carbocycles. The van der Waals surface area contributed by atoms with Crippen molar-refractivity contribution in [3.63, 3.8) is 0 Å². The molecule has 1 aliphatic rings. The molecule has 1 fully saturated rings. The molecule has 0 bridgehead atoms. The first-order valence-electron chi connectivity index (χ1n) is 6.85. The van der Waals surface area contributed by atoms with E-state index in [2.05, 4.69) is 20.8 Å². The summed E-state index contributed by atoms with van der Waals surface area (Å²) in [6.07, 6.45) is 0.297. The molecule has 5 heteroatoms. The van der Waals surface area contributed by atoms with Crippen LogP contribution in [0.4, 0.5) is 4.79 Å². The van der Waals surface area contributed by atoms with Crippen molar-refractivity contribution in [1.29, 1.82) is 0 Å². The lowest BCUT2D eigenvalue weighted by Gasteiger charge is -2.41. The van der Waals surface area contributed by atoms with E-state index in [1.807, 2.05) is 45.0 Å². The van der Waals surface area contributed by atoms with Gasteiger partial charge in [-0.2, -0.15) is 0 Å². The number of likely N-dealkylation sites (tertiary alicyclic amines) is 1. The monoisotopic (exact) mass is 350 g/mol. The molecule has 0 N–H and O–H groups in total. The van der Waals surface area contributed by atoms with Crippen LogP contribution in [0.15, 0.2) is 28.7 Å². The van der Waals surface area contributed by atoms with Crippen molar-refractivity contribution >= 4 is 22.0 Å². The van der Waals surface area contributed by atoms with Gasteiger partial charge >= 0.3 is 6.09 Å². The predicted octanol–water partition coefficient (Wildman–Crippen LogP) is 3.90. The molecule has 4 nitrogen and oxygen atoms in total. The third-order valence-electron chi connectivity index (χ3n) is 3.34. The Morgan fingerprint density at radius 3 is 2.57 bits per heavy atom. The minimum Gasteiger partial charge on any atom is -0.444 e. The van der Waals surface area contributed by atoms with Gasteiger partial charge in [0.25, 0.3) is 5.54 Å². The summed E-state index contributed by atoms with van der Waals surface area (Å²) in [4.78, 5) is 17.3. The summed E-state index contributed by atoms with van der Waals surface area (Å²) < 4.78 is 6.33. The quantitative estimate of drug-likeness (QED) is 0.758. The summed E-state index contributed by atoms with van der Waals surface area (Å²) in [5.74, 6) is 0. The molecule has 1 aromatic carbocycles. The van der Waals surface area contributed by atoms with E-state index in [1.54, 1.807) is 4.90 Å². The minimum absolute atomic E-state index is 0.339. The lowest BCUT2D eigenvalue weighted by Crippen LogP contribution is -2.63. The van der Waals surface area contributed by atoms with Crippen molar-refractivity contribution in [2.24, 2.45) is 0 Å². The SMILES string of the molecule is [C-]#[N+]C1(Cc2ccccc2Br)CN(C(=O)OC(C)(C)C)C1. The summed E-state index contributed by atoms with van der Waals surface area (Å²) in [6, 6.07) is 7.89. The van der Waals surface area contributed by atoms with Gasteiger partial charge in [0.1, 0.15) is 18.7 Å². The highest BCUT2D eigenvalue weighted by Gasteiger charge is 2.53. The molecular weight excluding hydrogens is 332 g/mol. The summed E-state index contributed by atoms with van der Waals surface area (Å²) in [5, 5.41) is 0. The van der Waals surface area contributed by atoms with E-state index >= 15 is 0 Å². The van der Waals surface area contributed by atoms with Crippen LogP contribution >= 0.6 is 15.9 Å². The molecule has 2 rings (SSSR count). The fourth-order valence-corrected chi connectivity index (χ4v) is 2.76. The van der Waals surface area contributed by atoms with Crippen LogP contribution in [-0.4, -0.2) is 35.2 Å². The Hall–Kier alpha value is -1.54. The normalized spacial score (nSPS) is 16.8. The second-order valence-electron chi connectivity index (χ2n) is 6.44. The molecule has 112 valence electrons. The fraction of sp³-hybridized carbons (Fsp3) is 0.500. The molecule has 0 aliphatic carbocycles. The first-order valence-corrected chi connectivity index (χ1v) is 7.64. The summed E-state index contributed by atoms with van der Waals surface area (Å²) in [5.41, 5.74) is 0.0637. The van der Waals surface area contributed by atoms with Crippen molar-refractivity contribution in [2.75, 3.05) is 13.1 Å². The van der Waals surface area contributed by atoms with Crippen LogP contribution in [0.3, 0.4) is 0 Å². The van der Waals surface area contributed by atoms with Gasteiger partial charge in [0.2, 0.25) is 0 Å². The van der Waals surface area contributed by atoms with Crippen LogP contribution in [0.25, 0.3) is 4.85 Å². The smallest absolute Gasteiger partial charge is 0.410 e. The van der Waals surface area contributed by atoms with Crippen LogP contribution < -0.4 is 0 Å². The van der Waals surface area contributed by atoms with Gasteiger partial charge < -0.3 is 9.58 Å². The van der Waals surface area contributed by atoms with Crippen molar-refractivity contribution < 1.29 is 9.53 Å². The molecule has 1 aromatic rings. The Bertz CT molecular complexity index is 581. The number of carbonyl (C=O) groups is 1. The van der Waals surface area contributed by atoms with Crippen LogP contribution in [0.1, 0.15) is 26.3 Å². The maximum atomic E-state index is 12.0. The Kier molecular flexibility index (Phi) is 4.29. The molecule has 0 spiro atoms. The van der Waals surface area contributed by atoms with Gasteiger partial charge in [0.05, 0.1) is 6.42 Å². The average Bonchev–Trinajstić information content (AvgIpc) is 2.33. The van der Waals surface area contributed by atoms with E-state index in [1.165, 1.54) is 0 Å². The zero-order valence-electron chi connectivity index (χ0n) is 12.5. The lowest BCUT2D eigenvalue weighted by atomic mass is 9.84. The Morgan fingerprint density at radius 1 is 1.43 bits per heavy atom. The van der Waals surface area contributed by atoms with E-state index in [0.717, 1.165) is 10.0 Å². The van der Waals surface area contributed by atoms with Crippen molar-refractivity contribution in [1.82, 2.24) is 4.90 Å². The number of hydrogen-bond acceptors (Lipinski definition) is 2. The highest BCUT2D eigenvalue weighted by atomic mass is 79.9. The van der Waals surface area contributed by atoms with Gasteiger partial charge in [0.15, 0.2) is 0 Å². The lowest BCUT2D eigenvalue weighted by molar-refractivity contribution is -0.00134. The molecule has 0 unspecified atom stereocenters. The number of nitrogens with zero attached hydrogens (tertiary/aromatic N) is 2. The molecule has 0 aromatic heterocycles. The van der Waals surface area contributed by atoms with E-state index in [9.17, 15) is 4.79 Å². The highest BCUT2D eigenvalue weighted by molar-refractivity contribution is 9.10. The van der Waals surface area contributed by atoms with Crippen LogP contribution in [-0.2, 0) is 11.2 Å². The van der Waals surface area contributed by atoms with Crippen molar-refractivity contribution in [3.05, 3.63) is 45.7 Å². The van der Waals surface area contributed by atoms with Gasteiger partial charge in [-0.3, -0.25) is 4.90 Å². The number of amides is 1. The maximum Gasteiger partial charge on any atom is 0.410 e. The first kappa shape index (κ1) is 15.8. The van der Waals surface area contributed by atoms with Gasteiger partial charge in [-0.15, -0.1) is 0 Å². The Morgan fingerprint density at radius 2 is 2.05 bits per heavy atom. The molecule has 1 heterocycles. The molecular formula is C16H19BrN2O2. The number of halogens is 1. The first-order chi connectivity index (χ1) is 9.75. The fourth-order valence-electron chi connectivity index (χ4n) is 2.34. The topological polar surface area (TPSA) is 33.9 Å². The second kappa shape index (κ2) is 5.69. The number of benzene rings is 1. The van der Waals surface area contributed by atoms with Crippen LogP contribution in [0.5, 0.6) is 0 Å². The average molecular weight is 351 g/mol. The third kappa shape index (κ3) is 3.76. The van der Waals surface area contributed by atoms with E-state index < -0.39 is 11.1 Å². The summed E-state index contributed by atoms with van der Waals surface area (Å²) in [7, 11) is 0. The van der Waals surface area contributed by atoms with Crippen molar-refractivity contribution in [2.45, 2.75) is 38.3 Å². The van der Waals surface area contributed by atoms with Crippen LogP contribution in [0, 0.1) is 6.57 Å². The van der Waals surface area contributed by atoms with Crippen LogP contribution in [0.2, 0.25) is 0 Å². The number of ether oxygens (including phenoxy) is 1. The molecule has 0 radical (unpaired) electrons. The van der Waals surface area contributed by atoms with E-state index in [0.29, 0.717) is 19.5 Å². The number of rotatable bonds is 2. The molecule has 0 atom stereocenters. The van der Waals surface area contributed by atoms with Gasteiger partial charge in [-0.05, 0) is 32.4 Å². The maximum absolute atomic E-state index is 12.0. The molecule has 1 saturated heterocycles. The minimum atomic E-state index is -0.527. The van der Waals surface area contributed by atoms with E-state index in [4.69, 9.17) is 11.3 Å². The van der Waals surface area contributed by atoms with Gasteiger partial charge in [-0.1, -0.05) is 34.1 Å². The predicted molar refractivity (Wildman–Crippen MR) is 85.0 cm³/mol. The molecule has 1 aliphatic heterocycles. The number of hydrogen-bond donors (Lipinski definition) is 0. The molecule has 1 amide bonds. The Balaban J connectivity index is 2.00. The summed E-state index contributed by atoms with van der Waals surface area (Å²) >= 11 is 3.51. The third-order valence-corrected chi connectivity index (χ3v) is 4.11. The van der Waals surface area contributed by atoms with Gasteiger partial charge in [-0.25, -0.2) is 11.4 Å². The number of carbonyl (C=O) groups excluding carboxylic acids is 1. The highest BCUT2D eigenvalue weighted by Crippen LogP contribution is 2.32. The standard InChI is InChI=1S/C16H19BrN2O2/c1-15(2,3)21-14(20)19-10-16(11-19,18-4)9-12-7-5-6-8-13(12)17/h5-8H,9-11H2,1-3H3. The zero-order valence-corrected chi connectivity index (χ0v) is 14.1. The Labute approximate surface area is 134 Å². The van der Waals surface area contributed by atoms with E-state index in [-0.39, 0.29) is 6.09 Å². The molecule has 21 heavy (non-hydrogen) atoms. The van der Waals surface area contributed by atoms with Crippen molar-refractivity contribution in [3.8, 4) is 0 Å². The second-order valence-corrected chi connectivity index (χ2v) is 7.30. The summed E-state index contributed by atoms with van der Waals surface area (Å²) in [6.45, 7) is 13.8. The van der Waals surface area contributed by atoms with Gasteiger partial charge in [0, 0.05) is 4.47 Å². The largest absolute Gasteiger partial charge is 0.444 e. The zero-order chi connectivity index (χ0) is 15.7.